The number of amides is 1. The molecule has 4 heteroatoms. The van der Waals surface area contributed by atoms with Gasteiger partial charge in [0.2, 0.25) is 5.91 Å². The van der Waals surface area contributed by atoms with Crippen molar-refractivity contribution >= 4 is 12.0 Å². The highest BCUT2D eigenvalue weighted by Gasteiger charge is 2.26. The Balaban J connectivity index is 1.91. The lowest BCUT2D eigenvalue weighted by Gasteiger charge is -2.23. The summed E-state index contributed by atoms with van der Waals surface area (Å²) >= 11 is 0. The quantitative estimate of drug-likeness (QED) is 0.813. The van der Waals surface area contributed by atoms with E-state index in [1.165, 1.54) is 0 Å². The van der Waals surface area contributed by atoms with Crippen LogP contribution in [0.2, 0.25) is 0 Å². The molecule has 0 spiro atoms. The minimum absolute atomic E-state index is 0.0341. The van der Waals surface area contributed by atoms with Crippen LogP contribution in [0.1, 0.15) is 31.4 Å². The molecule has 0 aromatic carbocycles. The number of rotatable bonds is 5. The summed E-state index contributed by atoms with van der Waals surface area (Å²) in [5.41, 5.74) is 0. The second kappa shape index (κ2) is 6.40. The molecular formula is C14H19NO3. The maximum absolute atomic E-state index is 12.0. The molecule has 0 aliphatic carbocycles. The molecule has 1 atom stereocenters. The molecule has 1 N–H and O–H groups in total. The predicted molar refractivity (Wildman–Crippen MR) is 68.8 cm³/mol. The van der Waals surface area contributed by atoms with Gasteiger partial charge < -0.3 is 14.4 Å². The molecule has 1 aromatic heterocycles. The van der Waals surface area contributed by atoms with Gasteiger partial charge in [-0.05, 0) is 43.9 Å². The molecule has 2 rings (SSSR count). The Labute approximate surface area is 107 Å². The van der Waals surface area contributed by atoms with Gasteiger partial charge in [0, 0.05) is 25.3 Å². The van der Waals surface area contributed by atoms with E-state index in [1.54, 1.807) is 24.5 Å². The van der Waals surface area contributed by atoms with Crippen molar-refractivity contribution in [1.29, 1.82) is 0 Å². The fourth-order valence-electron chi connectivity index (χ4n) is 2.39. The summed E-state index contributed by atoms with van der Waals surface area (Å²) in [6, 6.07) is 3.90. The van der Waals surface area contributed by atoms with E-state index in [1.807, 2.05) is 11.0 Å². The van der Waals surface area contributed by atoms with Crippen molar-refractivity contribution in [3.05, 3.63) is 30.2 Å². The Kier molecular flexibility index (Phi) is 4.59. The molecule has 1 fully saturated rings. The van der Waals surface area contributed by atoms with Crippen LogP contribution in [0.4, 0.5) is 0 Å². The molecule has 1 saturated heterocycles. The highest BCUT2D eigenvalue weighted by molar-refractivity contribution is 5.91. The second-order valence-corrected chi connectivity index (χ2v) is 4.54. The predicted octanol–water partition coefficient (Wildman–Crippen LogP) is 2.06. The smallest absolute Gasteiger partial charge is 0.246 e. The topological polar surface area (TPSA) is 53.7 Å². The molecule has 98 valence electrons. The first-order valence-electron chi connectivity index (χ1n) is 6.44. The van der Waals surface area contributed by atoms with Gasteiger partial charge in [-0.15, -0.1) is 0 Å². The molecule has 1 aliphatic heterocycles. The zero-order chi connectivity index (χ0) is 12.8. The highest BCUT2D eigenvalue weighted by atomic mass is 16.3. The van der Waals surface area contributed by atoms with Crippen molar-refractivity contribution in [3.8, 4) is 0 Å². The number of carbonyl (C=O) groups excluding carboxylic acids is 1. The molecule has 0 radical (unpaired) electrons. The number of carbonyl (C=O) groups is 1. The lowest BCUT2D eigenvalue weighted by atomic mass is 10.1. The maximum Gasteiger partial charge on any atom is 0.246 e. The van der Waals surface area contributed by atoms with Crippen molar-refractivity contribution in [2.24, 2.45) is 0 Å². The third-order valence-electron chi connectivity index (χ3n) is 3.29. The van der Waals surface area contributed by atoms with Crippen molar-refractivity contribution in [1.82, 2.24) is 4.90 Å². The molecular weight excluding hydrogens is 230 g/mol. The number of aliphatic hydroxyl groups is 1. The number of hydrogen-bond acceptors (Lipinski definition) is 3. The normalized spacial score (nSPS) is 19.8. The van der Waals surface area contributed by atoms with Crippen LogP contribution in [0.3, 0.4) is 0 Å². The molecule has 4 nitrogen and oxygen atoms in total. The fourth-order valence-corrected chi connectivity index (χ4v) is 2.39. The van der Waals surface area contributed by atoms with E-state index in [4.69, 9.17) is 9.52 Å². The number of hydrogen-bond donors (Lipinski definition) is 1. The van der Waals surface area contributed by atoms with Gasteiger partial charge in [0.1, 0.15) is 5.76 Å². The third-order valence-corrected chi connectivity index (χ3v) is 3.29. The van der Waals surface area contributed by atoms with Gasteiger partial charge >= 0.3 is 0 Å². The first-order valence-corrected chi connectivity index (χ1v) is 6.44. The number of furan rings is 1. The van der Waals surface area contributed by atoms with Crippen molar-refractivity contribution in [2.75, 3.05) is 13.2 Å². The summed E-state index contributed by atoms with van der Waals surface area (Å²) in [5.74, 6) is 0.723. The Morgan fingerprint density at radius 2 is 2.50 bits per heavy atom. The minimum Gasteiger partial charge on any atom is -0.465 e. The van der Waals surface area contributed by atoms with E-state index < -0.39 is 0 Å². The van der Waals surface area contributed by atoms with Crippen molar-refractivity contribution in [2.45, 2.75) is 31.7 Å². The Morgan fingerprint density at radius 1 is 1.61 bits per heavy atom. The summed E-state index contributed by atoms with van der Waals surface area (Å²) in [7, 11) is 0. The van der Waals surface area contributed by atoms with E-state index in [-0.39, 0.29) is 18.6 Å². The number of nitrogens with zero attached hydrogens (tertiary/aromatic N) is 1. The SMILES string of the molecule is O=C(C=Cc1ccco1)N1CCCC1CCCO. The van der Waals surface area contributed by atoms with Gasteiger partial charge in [0.05, 0.1) is 6.26 Å². The van der Waals surface area contributed by atoms with Gasteiger partial charge in [0.15, 0.2) is 0 Å². The van der Waals surface area contributed by atoms with Crippen LogP contribution in [-0.2, 0) is 4.79 Å². The van der Waals surface area contributed by atoms with Gasteiger partial charge in [0.25, 0.3) is 0 Å². The third kappa shape index (κ3) is 3.23. The minimum atomic E-state index is 0.0341. The monoisotopic (exact) mass is 249 g/mol. The lowest BCUT2D eigenvalue weighted by molar-refractivity contribution is -0.126. The average molecular weight is 249 g/mol. The first-order chi connectivity index (χ1) is 8.81. The molecule has 1 unspecified atom stereocenters. The molecule has 1 aliphatic rings. The van der Waals surface area contributed by atoms with Gasteiger partial charge in [-0.25, -0.2) is 0 Å². The second-order valence-electron chi connectivity index (χ2n) is 4.54. The largest absolute Gasteiger partial charge is 0.465 e. The van der Waals surface area contributed by atoms with E-state index >= 15 is 0 Å². The molecule has 1 aromatic rings. The standard InChI is InChI=1S/C14H19NO3/c16-10-2-5-12-4-1-9-15(12)14(17)8-7-13-6-3-11-18-13/h3,6-8,11-12,16H,1-2,4-5,9-10H2. The van der Waals surface area contributed by atoms with E-state index in [0.29, 0.717) is 5.76 Å². The van der Waals surface area contributed by atoms with Crippen LogP contribution in [-0.4, -0.2) is 35.1 Å². The van der Waals surface area contributed by atoms with Crippen molar-refractivity contribution < 1.29 is 14.3 Å². The van der Waals surface area contributed by atoms with E-state index in [9.17, 15) is 4.79 Å². The molecule has 0 bridgehead atoms. The Bertz CT molecular complexity index is 397. The molecule has 1 amide bonds. The first kappa shape index (κ1) is 12.9. The summed E-state index contributed by atoms with van der Waals surface area (Å²) in [6.45, 7) is 1.01. The van der Waals surface area contributed by atoms with Crippen LogP contribution < -0.4 is 0 Å². The summed E-state index contributed by atoms with van der Waals surface area (Å²) < 4.78 is 5.15. The van der Waals surface area contributed by atoms with Crippen molar-refractivity contribution in [3.63, 3.8) is 0 Å². The van der Waals surface area contributed by atoms with Gasteiger partial charge in [-0.1, -0.05) is 0 Å². The maximum atomic E-state index is 12.0. The van der Waals surface area contributed by atoms with Crippen LogP contribution in [0.25, 0.3) is 6.08 Å². The number of aliphatic hydroxyl groups excluding tert-OH is 1. The lowest BCUT2D eigenvalue weighted by Crippen LogP contribution is -2.34. The highest BCUT2D eigenvalue weighted by Crippen LogP contribution is 2.21. The molecule has 0 saturated carbocycles. The fraction of sp³-hybridized carbons (Fsp3) is 0.500. The van der Waals surface area contributed by atoms with Crippen LogP contribution in [0, 0.1) is 0 Å². The van der Waals surface area contributed by atoms with Gasteiger partial charge in [-0.3, -0.25) is 4.79 Å². The molecule has 18 heavy (non-hydrogen) atoms. The zero-order valence-electron chi connectivity index (χ0n) is 10.4. The van der Waals surface area contributed by atoms with Crippen LogP contribution in [0.5, 0.6) is 0 Å². The van der Waals surface area contributed by atoms with Gasteiger partial charge in [-0.2, -0.15) is 0 Å². The Morgan fingerprint density at radius 3 is 3.22 bits per heavy atom. The molecule has 2 heterocycles. The van der Waals surface area contributed by atoms with Crippen LogP contribution in [0.15, 0.2) is 28.9 Å². The van der Waals surface area contributed by atoms with Crippen LogP contribution >= 0.6 is 0 Å². The zero-order valence-corrected chi connectivity index (χ0v) is 10.4. The van der Waals surface area contributed by atoms with E-state index in [0.717, 1.165) is 32.2 Å². The summed E-state index contributed by atoms with van der Waals surface area (Å²) in [4.78, 5) is 13.9. The van der Waals surface area contributed by atoms with E-state index in [2.05, 4.69) is 0 Å². The Hall–Kier alpha value is -1.55. The summed E-state index contributed by atoms with van der Waals surface area (Å²) in [5, 5.41) is 8.85. The summed E-state index contributed by atoms with van der Waals surface area (Å²) in [6.07, 6.45) is 8.59. The number of likely N-dealkylation sites (tertiary alicyclic amines) is 1. The average Bonchev–Trinajstić information content (AvgIpc) is 3.04.